The molecule has 6 nitrogen and oxygen atoms in total. The van der Waals surface area contributed by atoms with Crippen molar-refractivity contribution in [2.24, 2.45) is 0 Å². The number of ether oxygens (including phenoxy) is 2. The van der Waals surface area contributed by atoms with Crippen LogP contribution in [0.5, 0.6) is 0 Å². The number of amides is 1. The Bertz CT molecular complexity index is 511. The van der Waals surface area contributed by atoms with Crippen molar-refractivity contribution in [3.8, 4) is 0 Å². The van der Waals surface area contributed by atoms with E-state index in [4.69, 9.17) is 14.6 Å². The first kappa shape index (κ1) is 16.5. The summed E-state index contributed by atoms with van der Waals surface area (Å²) in [6.07, 6.45) is 0.0922. The number of aliphatic carboxylic acids is 1. The number of carboxylic acid groups (broad SMARTS) is 1. The maximum Gasteiger partial charge on any atom is 0.305 e. The number of carbonyl (C=O) groups is 2. The molecular formula is C16H21NO5. The molecule has 1 aromatic carbocycles. The molecule has 0 saturated carbocycles. The molecule has 2 rings (SSSR count). The lowest BCUT2D eigenvalue weighted by Gasteiger charge is -2.37. The van der Waals surface area contributed by atoms with Crippen molar-refractivity contribution in [2.75, 3.05) is 20.3 Å². The predicted molar refractivity (Wildman–Crippen MR) is 79.4 cm³/mol. The van der Waals surface area contributed by atoms with E-state index in [0.717, 1.165) is 5.56 Å². The highest BCUT2D eigenvalue weighted by molar-refractivity contribution is 5.83. The van der Waals surface area contributed by atoms with Gasteiger partial charge in [0.05, 0.1) is 12.0 Å². The molecule has 6 heteroatoms. The molecule has 0 radical (unpaired) electrons. The number of methoxy groups -OCH3 is 1. The van der Waals surface area contributed by atoms with E-state index in [1.165, 1.54) is 7.11 Å². The maximum absolute atomic E-state index is 12.6. The number of carboxylic acids is 1. The lowest BCUT2D eigenvalue weighted by Crippen LogP contribution is -2.54. The number of hydrogen-bond donors (Lipinski definition) is 2. The van der Waals surface area contributed by atoms with E-state index in [1.807, 2.05) is 30.3 Å². The summed E-state index contributed by atoms with van der Waals surface area (Å²) in [5, 5.41) is 12.0. The monoisotopic (exact) mass is 307 g/mol. The van der Waals surface area contributed by atoms with E-state index in [2.05, 4.69) is 5.32 Å². The zero-order chi connectivity index (χ0) is 16.0. The molecule has 0 unspecified atom stereocenters. The van der Waals surface area contributed by atoms with Crippen molar-refractivity contribution in [2.45, 2.75) is 30.9 Å². The zero-order valence-corrected chi connectivity index (χ0v) is 12.6. The fourth-order valence-corrected chi connectivity index (χ4v) is 2.75. The second-order valence-corrected chi connectivity index (χ2v) is 5.48. The molecule has 1 atom stereocenters. The quantitative estimate of drug-likeness (QED) is 0.832. The van der Waals surface area contributed by atoms with Crippen LogP contribution in [-0.2, 0) is 19.1 Å². The maximum atomic E-state index is 12.6. The minimum absolute atomic E-state index is 0.118. The van der Waals surface area contributed by atoms with E-state index in [0.29, 0.717) is 26.1 Å². The Morgan fingerprint density at radius 3 is 2.50 bits per heavy atom. The molecule has 120 valence electrons. The Kier molecular flexibility index (Phi) is 5.51. The fourth-order valence-electron chi connectivity index (χ4n) is 2.75. The Morgan fingerprint density at radius 2 is 1.95 bits per heavy atom. The van der Waals surface area contributed by atoms with Gasteiger partial charge in [0.1, 0.15) is 0 Å². The molecule has 0 bridgehead atoms. The van der Waals surface area contributed by atoms with E-state index in [-0.39, 0.29) is 12.3 Å². The van der Waals surface area contributed by atoms with Crippen LogP contribution < -0.4 is 5.32 Å². The van der Waals surface area contributed by atoms with Gasteiger partial charge in [0, 0.05) is 20.3 Å². The van der Waals surface area contributed by atoms with Crippen LogP contribution in [0, 0.1) is 0 Å². The van der Waals surface area contributed by atoms with Gasteiger partial charge in [-0.15, -0.1) is 0 Å². The lowest BCUT2D eigenvalue weighted by atomic mass is 9.86. The smallest absolute Gasteiger partial charge is 0.305 e. The van der Waals surface area contributed by atoms with Gasteiger partial charge in [-0.25, -0.2) is 0 Å². The van der Waals surface area contributed by atoms with Gasteiger partial charge in [0.25, 0.3) is 5.91 Å². The van der Waals surface area contributed by atoms with Gasteiger partial charge in [-0.2, -0.15) is 0 Å². The molecule has 0 aromatic heterocycles. The molecule has 1 aromatic rings. The summed E-state index contributed by atoms with van der Waals surface area (Å²) in [6, 6.07) is 9.13. The highest BCUT2D eigenvalue weighted by Gasteiger charge is 2.38. The van der Waals surface area contributed by atoms with Crippen LogP contribution in [-0.4, -0.2) is 42.8 Å². The van der Waals surface area contributed by atoms with Crippen molar-refractivity contribution in [1.82, 2.24) is 5.32 Å². The first-order chi connectivity index (χ1) is 10.6. The minimum Gasteiger partial charge on any atom is -0.481 e. The summed E-state index contributed by atoms with van der Waals surface area (Å²) in [4.78, 5) is 23.7. The number of hydrogen-bond acceptors (Lipinski definition) is 4. The third kappa shape index (κ3) is 4.05. The summed E-state index contributed by atoms with van der Waals surface area (Å²) in [5.74, 6) is -1.26. The molecule has 0 aliphatic carbocycles. The molecule has 0 spiro atoms. The number of carbonyl (C=O) groups excluding carboxylic acids is 1. The standard InChI is InChI=1S/C16H21NO5/c1-21-14(12-5-3-2-4-6-12)15(20)17-16(11-13(18)19)7-9-22-10-8-16/h2-6,14H,7-11H2,1H3,(H,17,20)(H,18,19)/t14-/m1/s1. The van der Waals surface area contributed by atoms with Gasteiger partial charge < -0.3 is 19.9 Å². The minimum atomic E-state index is -0.934. The summed E-state index contributed by atoms with van der Waals surface area (Å²) < 4.78 is 10.6. The van der Waals surface area contributed by atoms with E-state index >= 15 is 0 Å². The fraction of sp³-hybridized carbons (Fsp3) is 0.500. The Labute approximate surface area is 129 Å². The molecule has 1 aliphatic rings. The van der Waals surface area contributed by atoms with Crippen LogP contribution in [0.2, 0.25) is 0 Å². The van der Waals surface area contributed by atoms with Crippen LogP contribution in [0.3, 0.4) is 0 Å². The second kappa shape index (κ2) is 7.38. The van der Waals surface area contributed by atoms with Gasteiger partial charge in [-0.3, -0.25) is 9.59 Å². The number of nitrogens with one attached hydrogen (secondary N) is 1. The van der Waals surface area contributed by atoms with Crippen molar-refractivity contribution < 1.29 is 24.2 Å². The summed E-state index contributed by atoms with van der Waals surface area (Å²) in [6.45, 7) is 0.882. The van der Waals surface area contributed by atoms with E-state index < -0.39 is 17.6 Å². The van der Waals surface area contributed by atoms with E-state index in [9.17, 15) is 9.59 Å². The third-order valence-electron chi connectivity index (χ3n) is 3.90. The first-order valence-corrected chi connectivity index (χ1v) is 7.26. The van der Waals surface area contributed by atoms with Gasteiger partial charge >= 0.3 is 5.97 Å². The molecule has 1 amide bonds. The van der Waals surface area contributed by atoms with Gasteiger partial charge in [-0.1, -0.05) is 30.3 Å². The van der Waals surface area contributed by atoms with Gasteiger partial charge in [0.2, 0.25) is 0 Å². The Hall–Kier alpha value is -1.92. The van der Waals surface area contributed by atoms with Crippen molar-refractivity contribution in [3.63, 3.8) is 0 Å². The van der Waals surface area contributed by atoms with Crippen LogP contribution in [0.25, 0.3) is 0 Å². The highest BCUT2D eigenvalue weighted by atomic mass is 16.5. The van der Waals surface area contributed by atoms with Crippen LogP contribution in [0.4, 0.5) is 0 Å². The summed E-state index contributed by atoms with van der Waals surface area (Å²) >= 11 is 0. The van der Waals surface area contributed by atoms with Crippen molar-refractivity contribution in [3.05, 3.63) is 35.9 Å². The second-order valence-electron chi connectivity index (χ2n) is 5.48. The van der Waals surface area contributed by atoms with Gasteiger partial charge in [-0.05, 0) is 18.4 Å². The molecule has 1 fully saturated rings. The topological polar surface area (TPSA) is 84.9 Å². The molecular weight excluding hydrogens is 286 g/mol. The molecule has 22 heavy (non-hydrogen) atoms. The van der Waals surface area contributed by atoms with Gasteiger partial charge in [0.15, 0.2) is 6.10 Å². The Balaban J connectivity index is 2.14. The van der Waals surface area contributed by atoms with E-state index in [1.54, 1.807) is 0 Å². The van der Waals surface area contributed by atoms with Crippen LogP contribution in [0.15, 0.2) is 30.3 Å². The molecule has 1 saturated heterocycles. The zero-order valence-electron chi connectivity index (χ0n) is 12.6. The van der Waals surface area contributed by atoms with Crippen molar-refractivity contribution in [1.29, 1.82) is 0 Å². The predicted octanol–water partition coefficient (Wildman–Crippen LogP) is 1.51. The average Bonchev–Trinajstić information content (AvgIpc) is 2.49. The Morgan fingerprint density at radius 1 is 1.32 bits per heavy atom. The lowest BCUT2D eigenvalue weighted by molar-refractivity contribution is -0.142. The highest BCUT2D eigenvalue weighted by Crippen LogP contribution is 2.26. The average molecular weight is 307 g/mol. The first-order valence-electron chi connectivity index (χ1n) is 7.26. The normalized spacial score (nSPS) is 18.4. The summed E-state index contributed by atoms with van der Waals surface area (Å²) in [7, 11) is 1.46. The summed E-state index contributed by atoms with van der Waals surface area (Å²) in [5.41, 5.74) is -0.0350. The number of rotatable bonds is 6. The molecule has 2 N–H and O–H groups in total. The SMILES string of the molecule is CO[C@@H](C(=O)NC1(CC(=O)O)CCOCC1)c1ccccc1. The van der Waals surface area contributed by atoms with Crippen LogP contribution in [0.1, 0.15) is 30.9 Å². The van der Waals surface area contributed by atoms with Crippen LogP contribution >= 0.6 is 0 Å². The molecule has 1 aliphatic heterocycles. The largest absolute Gasteiger partial charge is 0.481 e. The van der Waals surface area contributed by atoms with Crippen molar-refractivity contribution >= 4 is 11.9 Å². The number of benzene rings is 1. The third-order valence-corrected chi connectivity index (χ3v) is 3.90. The molecule has 1 heterocycles.